The van der Waals surface area contributed by atoms with E-state index in [0.717, 1.165) is 38.9 Å². The Morgan fingerprint density at radius 3 is 2.73 bits per heavy atom. The fourth-order valence-electron chi connectivity index (χ4n) is 2.11. The lowest BCUT2D eigenvalue weighted by atomic mass is 9.87. The molecule has 0 aliphatic carbocycles. The van der Waals surface area contributed by atoms with Crippen molar-refractivity contribution >= 4 is 0 Å². The lowest BCUT2D eigenvalue weighted by Crippen LogP contribution is -2.47. The minimum Gasteiger partial charge on any atom is -0.380 e. The molecule has 0 saturated carbocycles. The first-order valence-electron chi connectivity index (χ1n) is 5.69. The summed E-state index contributed by atoms with van der Waals surface area (Å²) >= 11 is 0. The molecule has 1 saturated heterocycles. The third kappa shape index (κ3) is 3.05. The van der Waals surface area contributed by atoms with Gasteiger partial charge in [0.1, 0.15) is 0 Å². The molecule has 1 fully saturated rings. The average Bonchev–Trinajstić information content (AvgIpc) is 2.29. The third-order valence-corrected chi connectivity index (χ3v) is 3.11. The Hall–Kier alpha value is -0.860. The summed E-state index contributed by atoms with van der Waals surface area (Å²) in [5, 5.41) is 0. The van der Waals surface area contributed by atoms with Crippen LogP contribution in [0.2, 0.25) is 0 Å². The SMILES string of the molecule is NC1(CCc2ccccc2)CCCOC1. The molecule has 0 amide bonds. The molecule has 2 rings (SSSR count). The normalized spacial score (nSPS) is 26.5. The molecule has 1 aliphatic heterocycles. The van der Waals surface area contributed by atoms with E-state index in [2.05, 4.69) is 24.3 Å². The van der Waals surface area contributed by atoms with Crippen LogP contribution in [0.3, 0.4) is 0 Å². The average molecular weight is 205 g/mol. The maximum absolute atomic E-state index is 6.28. The predicted molar refractivity (Wildman–Crippen MR) is 61.7 cm³/mol. The first-order chi connectivity index (χ1) is 7.29. The fourth-order valence-corrected chi connectivity index (χ4v) is 2.11. The molecule has 0 aromatic heterocycles. The molecule has 0 bridgehead atoms. The molecule has 1 aliphatic rings. The molecule has 1 aromatic carbocycles. The van der Waals surface area contributed by atoms with Crippen LogP contribution in [0.5, 0.6) is 0 Å². The second-order valence-electron chi connectivity index (χ2n) is 4.50. The minimum absolute atomic E-state index is 0.0892. The van der Waals surface area contributed by atoms with Gasteiger partial charge in [-0.15, -0.1) is 0 Å². The standard InChI is InChI=1S/C13H19NO/c14-13(8-4-10-15-11-13)9-7-12-5-2-1-3-6-12/h1-3,5-6H,4,7-11,14H2. The van der Waals surface area contributed by atoms with Crippen LogP contribution in [-0.4, -0.2) is 18.8 Å². The number of aryl methyl sites for hydroxylation is 1. The summed E-state index contributed by atoms with van der Waals surface area (Å²) in [5.41, 5.74) is 7.56. The van der Waals surface area contributed by atoms with Crippen molar-refractivity contribution < 1.29 is 4.74 Å². The van der Waals surface area contributed by atoms with Gasteiger partial charge in [-0.05, 0) is 31.2 Å². The Morgan fingerprint density at radius 2 is 2.07 bits per heavy atom. The lowest BCUT2D eigenvalue weighted by Gasteiger charge is -2.33. The van der Waals surface area contributed by atoms with Crippen LogP contribution in [0.25, 0.3) is 0 Å². The maximum Gasteiger partial charge on any atom is 0.0646 e. The minimum atomic E-state index is -0.0892. The summed E-state index contributed by atoms with van der Waals surface area (Å²) in [6.45, 7) is 1.60. The second-order valence-corrected chi connectivity index (χ2v) is 4.50. The number of rotatable bonds is 3. The molecule has 0 spiro atoms. The summed E-state index contributed by atoms with van der Waals surface area (Å²) in [7, 11) is 0. The van der Waals surface area contributed by atoms with Crippen molar-refractivity contribution in [2.45, 2.75) is 31.2 Å². The van der Waals surface area contributed by atoms with E-state index >= 15 is 0 Å². The highest BCUT2D eigenvalue weighted by Crippen LogP contribution is 2.21. The maximum atomic E-state index is 6.28. The molecule has 2 N–H and O–H groups in total. The van der Waals surface area contributed by atoms with Gasteiger partial charge in [0, 0.05) is 12.1 Å². The highest BCUT2D eigenvalue weighted by molar-refractivity contribution is 5.15. The van der Waals surface area contributed by atoms with Crippen molar-refractivity contribution in [2.24, 2.45) is 5.73 Å². The third-order valence-electron chi connectivity index (χ3n) is 3.11. The van der Waals surface area contributed by atoms with Gasteiger partial charge in [0.25, 0.3) is 0 Å². The summed E-state index contributed by atoms with van der Waals surface area (Å²) in [6.07, 6.45) is 4.28. The molecule has 1 heterocycles. The number of hydrogen-bond acceptors (Lipinski definition) is 2. The van der Waals surface area contributed by atoms with Gasteiger partial charge in [-0.2, -0.15) is 0 Å². The number of hydrogen-bond donors (Lipinski definition) is 1. The zero-order valence-corrected chi connectivity index (χ0v) is 9.11. The quantitative estimate of drug-likeness (QED) is 0.820. The van der Waals surface area contributed by atoms with Gasteiger partial charge in [-0.1, -0.05) is 30.3 Å². The first kappa shape index (κ1) is 10.7. The molecule has 1 unspecified atom stereocenters. The van der Waals surface area contributed by atoms with E-state index < -0.39 is 0 Å². The van der Waals surface area contributed by atoms with Crippen LogP contribution in [0.1, 0.15) is 24.8 Å². The Bertz CT molecular complexity index is 291. The Morgan fingerprint density at radius 1 is 1.27 bits per heavy atom. The van der Waals surface area contributed by atoms with Gasteiger partial charge < -0.3 is 10.5 Å². The van der Waals surface area contributed by atoms with E-state index in [9.17, 15) is 0 Å². The summed E-state index contributed by atoms with van der Waals surface area (Å²) in [4.78, 5) is 0. The van der Waals surface area contributed by atoms with Crippen LogP contribution in [0, 0.1) is 0 Å². The van der Waals surface area contributed by atoms with Crippen LogP contribution in [0.4, 0.5) is 0 Å². The molecule has 0 radical (unpaired) electrons. The topological polar surface area (TPSA) is 35.2 Å². The molecular weight excluding hydrogens is 186 g/mol. The molecule has 15 heavy (non-hydrogen) atoms. The van der Waals surface area contributed by atoms with E-state index in [-0.39, 0.29) is 5.54 Å². The zero-order chi connectivity index (χ0) is 10.6. The van der Waals surface area contributed by atoms with E-state index in [1.54, 1.807) is 0 Å². The second kappa shape index (κ2) is 4.77. The highest BCUT2D eigenvalue weighted by atomic mass is 16.5. The Labute approximate surface area is 91.4 Å². The summed E-state index contributed by atoms with van der Waals surface area (Å²) in [6, 6.07) is 10.5. The number of benzene rings is 1. The highest BCUT2D eigenvalue weighted by Gasteiger charge is 2.27. The van der Waals surface area contributed by atoms with E-state index in [1.165, 1.54) is 5.56 Å². The fraction of sp³-hybridized carbons (Fsp3) is 0.538. The smallest absolute Gasteiger partial charge is 0.0646 e. The molecular formula is C13H19NO. The number of nitrogens with two attached hydrogens (primary N) is 1. The van der Waals surface area contributed by atoms with Gasteiger partial charge in [-0.3, -0.25) is 0 Å². The van der Waals surface area contributed by atoms with Gasteiger partial charge >= 0.3 is 0 Å². The van der Waals surface area contributed by atoms with Crippen molar-refractivity contribution in [1.29, 1.82) is 0 Å². The molecule has 2 nitrogen and oxygen atoms in total. The van der Waals surface area contributed by atoms with Crippen LogP contribution >= 0.6 is 0 Å². The Kier molecular flexibility index (Phi) is 3.39. The van der Waals surface area contributed by atoms with Crippen molar-refractivity contribution in [3.8, 4) is 0 Å². The molecule has 82 valence electrons. The zero-order valence-electron chi connectivity index (χ0n) is 9.11. The summed E-state index contributed by atoms with van der Waals surface area (Å²) < 4.78 is 5.45. The van der Waals surface area contributed by atoms with E-state index in [1.807, 2.05) is 6.07 Å². The number of ether oxygens (including phenoxy) is 1. The van der Waals surface area contributed by atoms with Gasteiger partial charge in [0.05, 0.1) is 6.61 Å². The van der Waals surface area contributed by atoms with Crippen molar-refractivity contribution in [2.75, 3.05) is 13.2 Å². The van der Waals surface area contributed by atoms with Crippen molar-refractivity contribution in [1.82, 2.24) is 0 Å². The van der Waals surface area contributed by atoms with Gasteiger partial charge in [0.2, 0.25) is 0 Å². The predicted octanol–water partition coefficient (Wildman–Crippen LogP) is 2.13. The van der Waals surface area contributed by atoms with E-state index in [0.29, 0.717) is 0 Å². The monoisotopic (exact) mass is 205 g/mol. The summed E-state index contributed by atoms with van der Waals surface area (Å²) in [5.74, 6) is 0. The van der Waals surface area contributed by atoms with Crippen LogP contribution in [-0.2, 0) is 11.2 Å². The first-order valence-corrected chi connectivity index (χ1v) is 5.69. The molecule has 2 heteroatoms. The van der Waals surface area contributed by atoms with Crippen LogP contribution in [0.15, 0.2) is 30.3 Å². The van der Waals surface area contributed by atoms with E-state index in [4.69, 9.17) is 10.5 Å². The van der Waals surface area contributed by atoms with Gasteiger partial charge in [-0.25, -0.2) is 0 Å². The molecule has 1 aromatic rings. The Balaban J connectivity index is 1.87. The van der Waals surface area contributed by atoms with Crippen LogP contribution < -0.4 is 5.73 Å². The van der Waals surface area contributed by atoms with Gasteiger partial charge in [0.15, 0.2) is 0 Å². The molecule has 1 atom stereocenters. The van der Waals surface area contributed by atoms with Crippen molar-refractivity contribution in [3.05, 3.63) is 35.9 Å². The lowest BCUT2D eigenvalue weighted by molar-refractivity contribution is 0.0346. The van der Waals surface area contributed by atoms with Crippen molar-refractivity contribution in [3.63, 3.8) is 0 Å². The largest absolute Gasteiger partial charge is 0.380 e.